The van der Waals surface area contributed by atoms with E-state index in [0.717, 1.165) is 49.8 Å². The van der Waals surface area contributed by atoms with Gasteiger partial charge in [0.2, 0.25) is 5.43 Å². The number of quaternary nitrogens is 1. The van der Waals surface area contributed by atoms with Gasteiger partial charge in [0.05, 0.1) is 13.6 Å². The number of benzene rings is 2. The van der Waals surface area contributed by atoms with Crippen LogP contribution < -0.4 is 15.2 Å². The van der Waals surface area contributed by atoms with Gasteiger partial charge in [-0.3, -0.25) is 9.59 Å². The van der Waals surface area contributed by atoms with E-state index in [1.54, 1.807) is 18.2 Å². The second kappa shape index (κ2) is 10.9. The van der Waals surface area contributed by atoms with Gasteiger partial charge < -0.3 is 15.0 Å². The lowest BCUT2D eigenvalue weighted by Gasteiger charge is -2.34. The lowest BCUT2D eigenvalue weighted by atomic mass is 10.0. The molecule has 3 aromatic rings. The smallest absolute Gasteiger partial charge is 0.414 e. The molecule has 0 saturated heterocycles. The van der Waals surface area contributed by atoms with Gasteiger partial charge >= 0.3 is 6.09 Å². The fraction of sp³-hybridized carbons (Fsp3) is 0.433. The van der Waals surface area contributed by atoms with Crippen molar-refractivity contribution in [3.8, 4) is 0 Å². The highest BCUT2D eigenvalue weighted by Gasteiger charge is 2.40. The number of hydrogen-bond donors (Lipinski definition) is 2. The predicted molar refractivity (Wildman–Crippen MR) is 149 cm³/mol. The van der Waals surface area contributed by atoms with Crippen molar-refractivity contribution in [1.29, 1.82) is 0 Å². The zero-order valence-corrected chi connectivity index (χ0v) is 22.4. The number of nitrogens with one attached hydrogen (secondary N) is 2. The molecule has 2 heterocycles. The molecule has 1 aliphatic rings. The van der Waals surface area contributed by atoms with Gasteiger partial charge in [0.15, 0.2) is 0 Å². The summed E-state index contributed by atoms with van der Waals surface area (Å²) in [6, 6.07) is 12.8. The quantitative estimate of drug-likeness (QED) is 0.387. The molecule has 0 fully saturated rings. The van der Waals surface area contributed by atoms with Crippen LogP contribution in [0.2, 0.25) is 0 Å². The Morgan fingerprint density at radius 1 is 0.973 bits per heavy atom. The first-order chi connectivity index (χ1) is 17.6. The lowest BCUT2D eigenvalue weighted by molar-refractivity contribution is 0.0304. The van der Waals surface area contributed by atoms with E-state index >= 15 is 0 Å². The number of aromatic amines is 1. The molecule has 4 rings (SSSR count). The number of aryl methyl sites for hydroxylation is 1. The summed E-state index contributed by atoms with van der Waals surface area (Å²) in [6.45, 7) is 6.25. The molecule has 0 radical (unpaired) electrons. The summed E-state index contributed by atoms with van der Waals surface area (Å²) >= 11 is 0. The van der Waals surface area contributed by atoms with E-state index in [1.165, 1.54) is 12.6 Å². The lowest BCUT2D eigenvalue weighted by Crippen LogP contribution is -2.54. The van der Waals surface area contributed by atoms with E-state index in [-0.39, 0.29) is 21.6 Å². The first-order valence-corrected chi connectivity index (χ1v) is 13.2. The summed E-state index contributed by atoms with van der Waals surface area (Å²) in [5, 5.41) is 3.36. The molecule has 37 heavy (non-hydrogen) atoms. The zero-order chi connectivity index (χ0) is 26.6. The van der Waals surface area contributed by atoms with Gasteiger partial charge in [0.1, 0.15) is 16.9 Å². The van der Waals surface area contributed by atoms with Crippen LogP contribution in [0.4, 0.5) is 16.2 Å². The number of nitrogens with zero attached hydrogens (tertiary/aromatic N) is 1. The highest BCUT2D eigenvalue weighted by atomic mass is 16.6. The maximum atomic E-state index is 13.6. The number of amides is 2. The molecule has 1 aliphatic heterocycles. The SMILES string of the molecule is CC(C)(C)OC(=O)[N+]1(C)CCCCCCCCc2ccc(NC(=O)c3c[nH]c4ccccc4c3=O)cc21. The van der Waals surface area contributed by atoms with Crippen LogP contribution in [0.15, 0.2) is 53.5 Å². The number of hydrogen-bond acceptors (Lipinski definition) is 4. The van der Waals surface area contributed by atoms with Crippen LogP contribution in [0, 0.1) is 0 Å². The van der Waals surface area contributed by atoms with Gasteiger partial charge in [-0.2, -0.15) is 9.28 Å². The monoisotopic (exact) mass is 504 g/mol. The Hall–Kier alpha value is -3.45. The van der Waals surface area contributed by atoms with E-state index in [0.29, 0.717) is 23.1 Å². The minimum atomic E-state index is -0.617. The number of ether oxygens (including phenoxy) is 1. The van der Waals surface area contributed by atoms with Crippen molar-refractivity contribution in [3.05, 3.63) is 70.0 Å². The van der Waals surface area contributed by atoms with Crippen molar-refractivity contribution in [2.75, 3.05) is 18.9 Å². The molecular formula is C30H38N3O4+. The molecule has 196 valence electrons. The number of H-pyrrole nitrogens is 1. The van der Waals surface area contributed by atoms with Crippen molar-refractivity contribution in [1.82, 2.24) is 9.47 Å². The second-order valence-corrected chi connectivity index (χ2v) is 11.1. The van der Waals surface area contributed by atoms with Gasteiger partial charge in [0.25, 0.3) is 5.91 Å². The molecule has 0 aliphatic carbocycles. The van der Waals surface area contributed by atoms with Crippen LogP contribution in [0.3, 0.4) is 0 Å². The average molecular weight is 505 g/mol. The normalized spacial score (nSPS) is 18.9. The number of carbonyl (C=O) groups is 2. The van der Waals surface area contributed by atoms with Crippen LogP contribution in [0.1, 0.15) is 75.2 Å². The second-order valence-electron chi connectivity index (χ2n) is 11.1. The number of rotatable bonds is 2. The number of para-hydroxylation sites is 1. The van der Waals surface area contributed by atoms with Crippen molar-refractivity contribution in [2.24, 2.45) is 0 Å². The Morgan fingerprint density at radius 3 is 2.43 bits per heavy atom. The standard InChI is InChI=1S/C30H37N3O4/c1-30(2,3)37-29(36)33(4)18-12-8-6-5-7-9-13-21-16-17-22(19-26(21)33)32-28(35)24-20-31-25-15-11-10-14-23(25)27(24)34/h10-11,14-17,19-20H,5-9,12-13,18H2,1-4H3,(H-,31,32,34,35)/p+1. The van der Waals surface area contributed by atoms with E-state index < -0.39 is 11.5 Å². The van der Waals surface area contributed by atoms with Gasteiger partial charge in [-0.25, -0.2) is 0 Å². The molecular weight excluding hydrogens is 466 g/mol. The van der Waals surface area contributed by atoms with Crippen LogP contribution in [-0.4, -0.2) is 36.2 Å². The van der Waals surface area contributed by atoms with E-state index in [1.807, 2.05) is 52.1 Å². The molecule has 2 amide bonds. The summed E-state index contributed by atoms with van der Waals surface area (Å²) in [6.07, 6.45) is 8.51. The Morgan fingerprint density at radius 2 is 1.68 bits per heavy atom. The minimum absolute atomic E-state index is 0.00682. The number of anilines is 1. The Balaban J connectivity index is 1.72. The van der Waals surface area contributed by atoms with Crippen molar-refractivity contribution in [3.63, 3.8) is 0 Å². The third-order valence-electron chi connectivity index (χ3n) is 7.01. The Kier molecular flexibility index (Phi) is 7.83. The fourth-order valence-electron chi connectivity index (χ4n) is 4.97. The molecule has 7 nitrogen and oxygen atoms in total. The van der Waals surface area contributed by atoms with Gasteiger partial charge in [0, 0.05) is 34.4 Å². The molecule has 2 aromatic carbocycles. The van der Waals surface area contributed by atoms with Crippen molar-refractivity contribution >= 4 is 34.3 Å². The summed E-state index contributed by atoms with van der Waals surface area (Å²) in [4.78, 5) is 42.8. The third kappa shape index (κ3) is 6.10. The molecule has 2 N–H and O–H groups in total. The van der Waals surface area contributed by atoms with Crippen LogP contribution in [-0.2, 0) is 11.2 Å². The number of aromatic nitrogens is 1. The van der Waals surface area contributed by atoms with Crippen molar-refractivity contribution in [2.45, 2.75) is 71.3 Å². The summed E-state index contributed by atoms with van der Waals surface area (Å²) in [5.41, 5.74) is 2.24. The largest absolute Gasteiger partial charge is 0.521 e. The maximum absolute atomic E-state index is 13.6. The molecule has 0 saturated carbocycles. The highest BCUT2D eigenvalue weighted by molar-refractivity contribution is 6.06. The number of pyridine rings is 1. The highest BCUT2D eigenvalue weighted by Crippen LogP contribution is 2.34. The van der Waals surface area contributed by atoms with E-state index in [4.69, 9.17) is 4.74 Å². The Bertz CT molecular complexity index is 1350. The fourth-order valence-corrected chi connectivity index (χ4v) is 4.97. The number of carbonyl (C=O) groups excluding carboxylic acids is 2. The van der Waals surface area contributed by atoms with Crippen molar-refractivity contribution < 1.29 is 14.3 Å². The summed E-state index contributed by atoms with van der Waals surface area (Å²) < 4.78 is 5.89. The van der Waals surface area contributed by atoms with E-state index in [9.17, 15) is 14.4 Å². The summed E-state index contributed by atoms with van der Waals surface area (Å²) in [5.74, 6) is -0.491. The van der Waals surface area contributed by atoms with E-state index in [2.05, 4.69) is 10.3 Å². The first-order valence-electron chi connectivity index (χ1n) is 13.2. The molecule has 7 heteroatoms. The van der Waals surface area contributed by atoms with Crippen LogP contribution in [0.5, 0.6) is 0 Å². The molecule has 1 unspecified atom stereocenters. The Labute approximate surface area is 218 Å². The molecule has 0 spiro atoms. The third-order valence-corrected chi connectivity index (χ3v) is 7.01. The first kappa shape index (κ1) is 26.6. The van der Waals surface area contributed by atoms with Gasteiger partial charge in [-0.1, -0.05) is 37.5 Å². The minimum Gasteiger partial charge on any atom is -0.414 e. The average Bonchev–Trinajstić information content (AvgIpc) is 2.88. The zero-order valence-electron chi connectivity index (χ0n) is 22.4. The van der Waals surface area contributed by atoms with Gasteiger partial charge in [-0.15, -0.1) is 0 Å². The molecule has 0 bridgehead atoms. The maximum Gasteiger partial charge on any atom is 0.521 e. The van der Waals surface area contributed by atoms with Crippen LogP contribution in [0.25, 0.3) is 10.9 Å². The topological polar surface area (TPSA) is 88.3 Å². The summed E-state index contributed by atoms with van der Waals surface area (Å²) in [7, 11) is 1.91. The number of fused-ring (bicyclic) bond motifs is 2. The predicted octanol–water partition coefficient (Wildman–Crippen LogP) is 6.55. The molecule has 1 aromatic heterocycles. The van der Waals surface area contributed by atoms with Gasteiger partial charge in [-0.05, 0) is 64.7 Å². The van der Waals surface area contributed by atoms with Crippen LogP contribution >= 0.6 is 0 Å². The molecule has 1 atom stereocenters.